The molecule has 2 fully saturated rings. The minimum atomic E-state index is 0.128. The van der Waals surface area contributed by atoms with Gasteiger partial charge in [0.1, 0.15) is 0 Å². The van der Waals surface area contributed by atoms with Crippen molar-refractivity contribution in [1.82, 2.24) is 9.80 Å². The first-order valence-electron chi connectivity index (χ1n) is 7.93. The second kappa shape index (κ2) is 6.58. The lowest BCUT2D eigenvalue weighted by molar-refractivity contribution is -0.130. The number of nitrogens with zero attached hydrogens (tertiary/aromatic N) is 2. The summed E-state index contributed by atoms with van der Waals surface area (Å²) < 4.78 is 0. The largest absolute Gasteiger partial charge is 0.396 e. The van der Waals surface area contributed by atoms with E-state index < -0.39 is 0 Å². The van der Waals surface area contributed by atoms with Gasteiger partial charge in [-0.25, -0.2) is 0 Å². The standard InChI is InChI=1S/C17H24N2O2/c20-13-15-9-17(21)19(11-15)16-7-4-8-18(12-16)10-14-5-2-1-3-6-14/h1-3,5-6,15-16,20H,4,7-13H2/t15?,16-/m1/s1. The third-order valence-electron chi connectivity index (χ3n) is 4.67. The van der Waals surface area contributed by atoms with E-state index in [0.29, 0.717) is 12.5 Å². The van der Waals surface area contributed by atoms with Gasteiger partial charge in [-0.3, -0.25) is 9.69 Å². The van der Waals surface area contributed by atoms with Gasteiger partial charge >= 0.3 is 0 Å². The normalized spacial score (nSPS) is 27.3. The van der Waals surface area contributed by atoms with Crippen molar-refractivity contribution < 1.29 is 9.90 Å². The van der Waals surface area contributed by atoms with Crippen LogP contribution in [-0.2, 0) is 11.3 Å². The number of amides is 1. The summed E-state index contributed by atoms with van der Waals surface area (Å²) in [6.07, 6.45) is 2.76. The number of hydrogen-bond acceptors (Lipinski definition) is 3. The Balaban J connectivity index is 1.59. The van der Waals surface area contributed by atoms with Crippen LogP contribution >= 0.6 is 0 Å². The number of benzene rings is 1. The van der Waals surface area contributed by atoms with Crippen molar-refractivity contribution in [2.45, 2.75) is 31.8 Å². The van der Waals surface area contributed by atoms with Crippen LogP contribution in [0.15, 0.2) is 30.3 Å². The van der Waals surface area contributed by atoms with E-state index in [0.717, 1.165) is 39.0 Å². The Hall–Kier alpha value is -1.39. The van der Waals surface area contributed by atoms with Crippen LogP contribution in [0.3, 0.4) is 0 Å². The van der Waals surface area contributed by atoms with Crippen LogP contribution in [0.1, 0.15) is 24.8 Å². The summed E-state index contributed by atoms with van der Waals surface area (Å²) in [6, 6.07) is 10.8. The number of aliphatic hydroxyl groups is 1. The molecule has 21 heavy (non-hydrogen) atoms. The van der Waals surface area contributed by atoms with Gasteiger partial charge in [0.2, 0.25) is 5.91 Å². The van der Waals surface area contributed by atoms with E-state index in [2.05, 4.69) is 29.2 Å². The van der Waals surface area contributed by atoms with Crippen molar-refractivity contribution in [3.8, 4) is 0 Å². The molecule has 0 aliphatic carbocycles. The van der Waals surface area contributed by atoms with Gasteiger partial charge in [-0.1, -0.05) is 30.3 Å². The molecule has 2 heterocycles. The van der Waals surface area contributed by atoms with E-state index in [1.165, 1.54) is 5.56 Å². The molecule has 2 saturated heterocycles. The van der Waals surface area contributed by atoms with Crippen molar-refractivity contribution in [1.29, 1.82) is 0 Å². The van der Waals surface area contributed by atoms with Gasteiger partial charge in [0, 0.05) is 44.6 Å². The molecular weight excluding hydrogens is 264 g/mol. The van der Waals surface area contributed by atoms with Crippen molar-refractivity contribution in [3.05, 3.63) is 35.9 Å². The number of piperidine rings is 1. The van der Waals surface area contributed by atoms with Crippen LogP contribution in [0, 0.1) is 5.92 Å². The quantitative estimate of drug-likeness (QED) is 0.913. The van der Waals surface area contributed by atoms with Gasteiger partial charge in [-0.05, 0) is 24.9 Å². The van der Waals surface area contributed by atoms with E-state index in [1.807, 2.05) is 11.0 Å². The topological polar surface area (TPSA) is 43.8 Å². The lowest BCUT2D eigenvalue weighted by Gasteiger charge is -2.37. The van der Waals surface area contributed by atoms with Crippen molar-refractivity contribution >= 4 is 5.91 Å². The van der Waals surface area contributed by atoms with Crippen LogP contribution in [0.25, 0.3) is 0 Å². The SMILES string of the molecule is O=C1CC(CO)CN1[C@@H]1CCCN(Cc2ccccc2)C1. The molecule has 0 aromatic heterocycles. The Labute approximate surface area is 126 Å². The molecule has 3 rings (SSSR count). The zero-order valence-electron chi connectivity index (χ0n) is 12.4. The third-order valence-corrected chi connectivity index (χ3v) is 4.67. The molecule has 0 bridgehead atoms. The van der Waals surface area contributed by atoms with Crippen LogP contribution in [-0.4, -0.2) is 53.1 Å². The van der Waals surface area contributed by atoms with Gasteiger partial charge in [-0.15, -0.1) is 0 Å². The van der Waals surface area contributed by atoms with Crippen LogP contribution in [0.4, 0.5) is 0 Å². The van der Waals surface area contributed by atoms with E-state index in [9.17, 15) is 9.90 Å². The highest BCUT2D eigenvalue weighted by molar-refractivity contribution is 5.79. The third kappa shape index (κ3) is 3.44. The Morgan fingerprint density at radius 3 is 2.71 bits per heavy atom. The highest BCUT2D eigenvalue weighted by atomic mass is 16.3. The zero-order valence-corrected chi connectivity index (χ0v) is 12.4. The molecule has 1 N–H and O–H groups in total. The van der Waals surface area contributed by atoms with Crippen LogP contribution < -0.4 is 0 Å². The highest BCUT2D eigenvalue weighted by Crippen LogP contribution is 2.25. The van der Waals surface area contributed by atoms with E-state index in [4.69, 9.17) is 0 Å². The monoisotopic (exact) mass is 288 g/mol. The molecule has 1 aromatic rings. The molecule has 114 valence electrons. The lowest BCUT2D eigenvalue weighted by Crippen LogP contribution is -2.48. The Morgan fingerprint density at radius 2 is 2.00 bits per heavy atom. The molecule has 4 nitrogen and oxygen atoms in total. The van der Waals surface area contributed by atoms with Gasteiger partial charge in [0.25, 0.3) is 0 Å². The second-order valence-electron chi connectivity index (χ2n) is 6.32. The number of aliphatic hydroxyl groups excluding tert-OH is 1. The summed E-state index contributed by atoms with van der Waals surface area (Å²) in [7, 11) is 0. The summed E-state index contributed by atoms with van der Waals surface area (Å²) in [6.45, 7) is 3.89. The summed E-state index contributed by atoms with van der Waals surface area (Å²) in [5.74, 6) is 0.364. The maximum Gasteiger partial charge on any atom is 0.223 e. The van der Waals surface area contributed by atoms with Crippen molar-refractivity contribution in [3.63, 3.8) is 0 Å². The maximum atomic E-state index is 12.1. The summed E-state index contributed by atoms with van der Waals surface area (Å²) in [5, 5.41) is 9.26. The lowest BCUT2D eigenvalue weighted by atomic mass is 10.0. The van der Waals surface area contributed by atoms with E-state index in [-0.39, 0.29) is 18.4 Å². The fraction of sp³-hybridized carbons (Fsp3) is 0.588. The molecule has 0 saturated carbocycles. The number of likely N-dealkylation sites (tertiary alicyclic amines) is 2. The Morgan fingerprint density at radius 1 is 1.19 bits per heavy atom. The molecular formula is C17H24N2O2. The minimum Gasteiger partial charge on any atom is -0.396 e. The maximum absolute atomic E-state index is 12.1. The van der Waals surface area contributed by atoms with E-state index >= 15 is 0 Å². The summed E-state index contributed by atoms with van der Waals surface area (Å²) in [5.41, 5.74) is 1.33. The zero-order chi connectivity index (χ0) is 14.7. The van der Waals surface area contributed by atoms with Gasteiger partial charge < -0.3 is 10.0 Å². The first-order valence-corrected chi connectivity index (χ1v) is 7.93. The predicted molar refractivity (Wildman–Crippen MR) is 81.6 cm³/mol. The smallest absolute Gasteiger partial charge is 0.223 e. The molecule has 1 amide bonds. The molecule has 1 unspecified atom stereocenters. The average Bonchev–Trinajstić information content (AvgIpc) is 2.90. The van der Waals surface area contributed by atoms with Crippen LogP contribution in [0.2, 0.25) is 0 Å². The van der Waals surface area contributed by atoms with Gasteiger partial charge in [0.15, 0.2) is 0 Å². The molecule has 0 radical (unpaired) electrons. The number of hydrogen-bond donors (Lipinski definition) is 1. The minimum absolute atomic E-state index is 0.128. The first-order chi connectivity index (χ1) is 10.3. The fourth-order valence-electron chi connectivity index (χ4n) is 3.55. The Bertz CT molecular complexity index is 477. The molecule has 4 heteroatoms. The van der Waals surface area contributed by atoms with Gasteiger partial charge in [-0.2, -0.15) is 0 Å². The molecule has 2 aliphatic rings. The van der Waals surface area contributed by atoms with Crippen molar-refractivity contribution in [2.24, 2.45) is 5.92 Å². The molecule has 1 aromatic carbocycles. The predicted octanol–water partition coefficient (Wildman–Crippen LogP) is 1.49. The number of carbonyl (C=O) groups is 1. The number of carbonyl (C=O) groups excluding carboxylic acids is 1. The highest BCUT2D eigenvalue weighted by Gasteiger charge is 2.35. The fourth-order valence-corrected chi connectivity index (χ4v) is 3.55. The second-order valence-corrected chi connectivity index (χ2v) is 6.32. The molecule has 2 atom stereocenters. The van der Waals surface area contributed by atoms with Gasteiger partial charge in [0.05, 0.1) is 0 Å². The summed E-state index contributed by atoms with van der Waals surface area (Å²) >= 11 is 0. The first kappa shape index (κ1) is 14.5. The van der Waals surface area contributed by atoms with E-state index in [1.54, 1.807) is 0 Å². The van der Waals surface area contributed by atoms with Crippen LogP contribution in [0.5, 0.6) is 0 Å². The molecule has 0 spiro atoms. The number of rotatable bonds is 4. The summed E-state index contributed by atoms with van der Waals surface area (Å²) in [4.78, 5) is 16.6. The average molecular weight is 288 g/mol. The van der Waals surface area contributed by atoms with Crippen molar-refractivity contribution in [2.75, 3.05) is 26.2 Å². The molecule has 2 aliphatic heterocycles. The Kier molecular flexibility index (Phi) is 4.56.